The third kappa shape index (κ3) is 2.09. The van der Waals surface area contributed by atoms with E-state index >= 15 is 0 Å². The lowest BCUT2D eigenvalue weighted by Crippen LogP contribution is -2.15. The van der Waals surface area contributed by atoms with Crippen molar-refractivity contribution in [2.24, 2.45) is 0 Å². The molecular weight excluding hydrogens is 216 g/mol. The van der Waals surface area contributed by atoms with Crippen molar-refractivity contribution in [3.05, 3.63) is 34.7 Å². The predicted octanol–water partition coefficient (Wildman–Crippen LogP) is 3.57. The SMILES string of the molecule is CCN(C)c1cccc(-c2ncsc2C)c1. The molecule has 84 valence electrons. The van der Waals surface area contributed by atoms with Gasteiger partial charge >= 0.3 is 0 Å². The number of aryl methyl sites for hydroxylation is 1. The lowest BCUT2D eigenvalue weighted by molar-refractivity contribution is 0.968. The number of benzene rings is 1. The van der Waals surface area contributed by atoms with E-state index in [1.165, 1.54) is 16.1 Å². The van der Waals surface area contributed by atoms with Crippen molar-refractivity contribution < 1.29 is 0 Å². The monoisotopic (exact) mass is 232 g/mol. The summed E-state index contributed by atoms with van der Waals surface area (Å²) in [6.45, 7) is 5.28. The summed E-state index contributed by atoms with van der Waals surface area (Å²) in [4.78, 5) is 7.91. The Morgan fingerprint density at radius 3 is 2.81 bits per heavy atom. The van der Waals surface area contributed by atoms with Crippen molar-refractivity contribution in [1.82, 2.24) is 4.98 Å². The lowest BCUT2D eigenvalue weighted by atomic mass is 10.1. The van der Waals surface area contributed by atoms with Gasteiger partial charge in [0.2, 0.25) is 0 Å². The highest BCUT2D eigenvalue weighted by Crippen LogP contribution is 2.27. The van der Waals surface area contributed by atoms with E-state index in [1.54, 1.807) is 11.3 Å². The molecule has 0 atom stereocenters. The van der Waals surface area contributed by atoms with Gasteiger partial charge in [0.25, 0.3) is 0 Å². The Morgan fingerprint density at radius 2 is 2.19 bits per heavy atom. The van der Waals surface area contributed by atoms with Crippen molar-refractivity contribution in [2.45, 2.75) is 13.8 Å². The number of rotatable bonds is 3. The van der Waals surface area contributed by atoms with Crippen LogP contribution in [0.1, 0.15) is 11.8 Å². The van der Waals surface area contributed by atoms with Crippen LogP contribution < -0.4 is 4.90 Å². The first-order chi connectivity index (χ1) is 7.72. The van der Waals surface area contributed by atoms with E-state index in [2.05, 4.69) is 55.0 Å². The molecule has 0 saturated heterocycles. The average Bonchev–Trinajstić information content (AvgIpc) is 2.74. The highest BCUT2D eigenvalue weighted by atomic mass is 32.1. The molecule has 0 radical (unpaired) electrons. The van der Waals surface area contributed by atoms with Gasteiger partial charge in [-0.3, -0.25) is 0 Å². The smallest absolute Gasteiger partial charge is 0.0841 e. The van der Waals surface area contributed by atoms with Crippen molar-refractivity contribution in [2.75, 3.05) is 18.5 Å². The zero-order valence-corrected chi connectivity index (χ0v) is 10.7. The van der Waals surface area contributed by atoms with Crippen LogP contribution >= 0.6 is 11.3 Å². The van der Waals surface area contributed by atoms with E-state index in [9.17, 15) is 0 Å². The molecule has 2 rings (SSSR count). The van der Waals surface area contributed by atoms with Crippen LogP contribution in [0.4, 0.5) is 5.69 Å². The molecule has 0 amide bonds. The number of nitrogens with zero attached hydrogens (tertiary/aromatic N) is 2. The number of aromatic nitrogens is 1. The topological polar surface area (TPSA) is 16.1 Å². The molecule has 0 unspecified atom stereocenters. The second-order valence-corrected chi connectivity index (χ2v) is 4.88. The lowest BCUT2D eigenvalue weighted by Gasteiger charge is -2.17. The van der Waals surface area contributed by atoms with E-state index in [0.717, 1.165) is 12.2 Å². The molecule has 1 aromatic heterocycles. The van der Waals surface area contributed by atoms with Gasteiger partial charge < -0.3 is 4.90 Å². The van der Waals surface area contributed by atoms with Crippen LogP contribution in [0.15, 0.2) is 29.8 Å². The molecule has 0 bridgehead atoms. The Morgan fingerprint density at radius 1 is 1.38 bits per heavy atom. The average molecular weight is 232 g/mol. The molecule has 0 fully saturated rings. The van der Waals surface area contributed by atoms with Gasteiger partial charge in [-0.2, -0.15) is 0 Å². The van der Waals surface area contributed by atoms with Crippen LogP contribution in [0.25, 0.3) is 11.3 Å². The quantitative estimate of drug-likeness (QED) is 0.804. The van der Waals surface area contributed by atoms with Gasteiger partial charge in [-0.1, -0.05) is 12.1 Å². The summed E-state index contributed by atoms with van der Waals surface area (Å²) < 4.78 is 0. The number of hydrogen-bond donors (Lipinski definition) is 0. The van der Waals surface area contributed by atoms with Crippen LogP contribution in [0.3, 0.4) is 0 Å². The summed E-state index contributed by atoms with van der Waals surface area (Å²) in [6, 6.07) is 8.55. The maximum absolute atomic E-state index is 4.41. The van der Waals surface area contributed by atoms with Crippen LogP contribution in [-0.2, 0) is 0 Å². The molecule has 1 aromatic carbocycles. The second-order valence-electron chi connectivity index (χ2n) is 3.82. The summed E-state index contributed by atoms with van der Waals surface area (Å²) in [6.07, 6.45) is 0. The third-order valence-corrected chi connectivity index (χ3v) is 3.54. The molecule has 0 aliphatic rings. The van der Waals surface area contributed by atoms with Crippen molar-refractivity contribution in [3.63, 3.8) is 0 Å². The Kier molecular flexibility index (Phi) is 3.25. The molecule has 0 N–H and O–H groups in total. The third-order valence-electron chi connectivity index (χ3n) is 2.78. The highest BCUT2D eigenvalue weighted by molar-refractivity contribution is 7.10. The van der Waals surface area contributed by atoms with Gasteiger partial charge in [0.15, 0.2) is 0 Å². The van der Waals surface area contributed by atoms with Gasteiger partial charge in [0.05, 0.1) is 11.2 Å². The first-order valence-corrected chi connectivity index (χ1v) is 6.32. The maximum Gasteiger partial charge on any atom is 0.0841 e. The Labute approximate surface area is 101 Å². The van der Waals surface area contributed by atoms with Crippen LogP contribution in [0.5, 0.6) is 0 Å². The van der Waals surface area contributed by atoms with Crippen molar-refractivity contribution in [1.29, 1.82) is 0 Å². The number of anilines is 1. The van der Waals surface area contributed by atoms with E-state index in [1.807, 2.05) is 5.51 Å². The van der Waals surface area contributed by atoms with Gasteiger partial charge in [-0.25, -0.2) is 4.98 Å². The standard InChI is InChI=1S/C13H16N2S/c1-4-15(3)12-7-5-6-11(8-12)13-10(2)16-9-14-13/h5-9H,4H2,1-3H3. The largest absolute Gasteiger partial charge is 0.375 e. The van der Waals surface area contributed by atoms with Crippen LogP contribution in [0, 0.1) is 6.92 Å². The Balaban J connectivity index is 2.40. The van der Waals surface area contributed by atoms with Gasteiger partial charge in [-0.05, 0) is 26.0 Å². The zero-order chi connectivity index (χ0) is 11.5. The highest BCUT2D eigenvalue weighted by Gasteiger charge is 2.06. The Bertz CT molecular complexity index is 476. The van der Waals surface area contributed by atoms with Gasteiger partial charge in [0.1, 0.15) is 0 Å². The minimum absolute atomic E-state index is 1.01. The molecule has 2 aromatic rings. The predicted molar refractivity (Wildman–Crippen MR) is 71.2 cm³/mol. The summed E-state index contributed by atoms with van der Waals surface area (Å²) >= 11 is 1.69. The fourth-order valence-corrected chi connectivity index (χ4v) is 2.25. The minimum atomic E-state index is 1.01. The zero-order valence-electron chi connectivity index (χ0n) is 9.90. The summed E-state index contributed by atoms with van der Waals surface area (Å²) in [5.74, 6) is 0. The Hall–Kier alpha value is -1.35. The molecule has 0 aliphatic carbocycles. The number of thiazole rings is 1. The first kappa shape index (κ1) is 11.1. The van der Waals surface area contributed by atoms with Crippen LogP contribution in [0.2, 0.25) is 0 Å². The maximum atomic E-state index is 4.41. The molecule has 3 heteroatoms. The molecule has 0 saturated carbocycles. The van der Waals surface area contributed by atoms with E-state index in [0.29, 0.717) is 0 Å². The molecule has 1 heterocycles. The van der Waals surface area contributed by atoms with Crippen molar-refractivity contribution in [3.8, 4) is 11.3 Å². The summed E-state index contributed by atoms with van der Waals surface area (Å²) in [5, 5.41) is 0. The number of hydrogen-bond acceptors (Lipinski definition) is 3. The van der Waals surface area contributed by atoms with Crippen molar-refractivity contribution >= 4 is 17.0 Å². The fraction of sp³-hybridized carbons (Fsp3) is 0.308. The summed E-state index contributed by atoms with van der Waals surface area (Å²) in [7, 11) is 2.10. The molecular formula is C13H16N2S. The van der Waals surface area contributed by atoms with E-state index < -0.39 is 0 Å². The molecule has 0 spiro atoms. The summed E-state index contributed by atoms with van der Waals surface area (Å²) in [5.41, 5.74) is 5.46. The normalized spacial score (nSPS) is 10.4. The fourth-order valence-electron chi connectivity index (χ4n) is 1.66. The van der Waals surface area contributed by atoms with Gasteiger partial charge in [-0.15, -0.1) is 11.3 Å². The van der Waals surface area contributed by atoms with E-state index in [-0.39, 0.29) is 0 Å². The molecule has 0 aliphatic heterocycles. The van der Waals surface area contributed by atoms with E-state index in [4.69, 9.17) is 0 Å². The first-order valence-electron chi connectivity index (χ1n) is 5.44. The molecule has 16 heavy (non-hydrogen) atoms. The second kappa shape index (κ2) is 4.66. The van der Waals surface area contributed by atoms with Gasteiger partial charge in [0, 0.05) is 29.7 Å². The van der Waals surface area contributed by atoms with Crippen LogP contribution in [-0.4, -0.2) is 18.6 Å². The molecule has 2 nitrogen and oxygen atoms in total. The minimum Gasteiger partial charge on any atom is -0.375 e.